The van der Waals surface area contributed by atoms with Crippen molar-refractivity contribution in [3.63, 3.8) is 0 Å². The molecule has 0 spiro atoms. The minimum absolute atomic E-state index is 0.00684. The normalized spacial score (nSPS) is 18.6. The van der Waals surface area contributed by atoms with Gasteiger partial charge in [-0.1, -0.05) is 29.3 Å². The van der Waals surface area contributed by atoms with E-state index in [-0.39, 0.29) is 30.1 Å². The number of carbonyl (C=O) groups excluding carboxylic acids is 1. The van der Waals surface area contributed by atoms with Gasteiger partial charge >= 0.3 is 0 Å². The maximum absolute atomic E-state index is 12.8. The molecular weight excluding hydrogens is 417 g/mol. The van der Waals surface area contributed by atoms with Crippen LogP contribution in [0.2, 0.25) is 10.0 Å². The molecule has 1 fully saturated rings. The van der Waals surface area contributed by atoms with Gasteiger partial charge in [0.2, 0.25) is 0 Å². The third-order valence-electron chi connectivity index (χ3n) is 4.07. The van der Waals surface area contributed by atoms with E-state index >= 15 is 0 Å². The topological polar surface area (TPSA) is 63.7 Å². The van der Waals surface area contributed by atoms with Gasteiger partial charge in [0.25, 0.3) is 5.91 Å². The van der Waals surface area contributed by atoms with E-state index in [0.29, 0.717) is 28.8 Å². The average Bonchev–Trinajstić information content (AvgIpc) is 3.18. The van der Waals surface area contributed by atoms with Crippen LogP contribution in [0.15, 0.2) is 35.7 Å². The van der Waals surface area contributed by atoms with Crippen LogP contribution in [0.1, 0.15) is 11.3 Å². The van der Waals surface area contributed by atoms with E-state index in [1.165, 1.54) is 11.3 Å². The van der Waals surface area contributed by atoms with E-state index in [0.717, 1.165) is 4.88 Å². The highest BCUT2D eigenvalue weighted by atomic mass is 35.5. The number of hydrogen-bond acceptors (Lipinski definition) is 5. The lowest BCUT2D eigenvalue weighted by Gasteiger charge is -2.28. The largest absolute Gasteiger partial charge is 0.484 e. The van der Waals surface area contributed by atoms with Crippen molar-refractivity contribution >= 4 is 50.3 Å². The molecule has 0 radical (unpaired) electrons. The summed E-state index contributed by atoms with van der Waals surface area (Å²) in [4.78, 5) is 15.3. The van der Waals surface area contributed by atoms with Crippen LogP contribution in [0, 0.1) is 0 Å². The number of carbonyl (C=O) groups is 1. The minimum Gasteiger partial charge on any atom is -0.484 e. The van der Waals surface area contributed by atoms with Gasteiger partial charge in [0.05, 0.1) is 18.1 Å². The molecule has 2 heterocycles. The van der Waals surface area contributed by atoms with Crippen molar-refractivity contribution in [3.8, 4) is 5.75 Å². The van der Waals surface area contributed by atoms with Crippen molar-refractivity contribution < 1.29 is 17.9 Å². The average molecular weight is 434 g/mol. The van der Waals surface area contributed by atoms with Gasteiger partial charge in [-0.2, -0.15) is 0 Å². The Morgan fingerprint density at radius 3 is 2.58 bits per heavy atom. The van der Waals surface area contributed by atoms with Crippen molar-refractivity contribution in [3.05, 3.63) is 50.6 Å². The van der Waals surface area contributed by atoms with Gasteiger partial charge in [0, 0.05) is 21.0 Å². The molecule has 26 heavy (non-hydrogen) atoms. The SMILES string of the molecule is O=C(COc1cc(Cl)cc(Cl)c1)N(Cc1cccs1)C1CCS(=O)(=O)C1. The summed E-state index contributed by atoms with van der Waals surface area (Å²) in [7, 11) is -3.10. The Labute approximate surface area is 166 Å². The fraction of sp³-hybridized carbons (Fsp3) is 0.353. The van der Waals surface area contributed by atoms with Gasteiger partial charge in [-0.3, -0.25) is 4.79 Å². The standard InChI is InChI=1S/C17H17Cl2NO4S2/c18-12-6-13(19)8-15(7-12)24-10-17(21)20(9-16-2-1-4-25-16)14-3-5-26(22,23)11-14/h1-2,4,6-8,14H,3,5,9-11H2. The smallest absolute Gasteiger partial charge is 0.261 e. The lowest BCUT2D eigenvalue weighted by molar-refractivity contribution is -0.135. The van der Waals surface area contributed by atoms with Crippen LogP contribution in [0.3, 0.4) is 0 Å². The predicted molar refractivity (Wildman–Crippen MR) is 104 cm³/mol. The summed E-state index contributed by atoms with van der Waals surface area (Å²) in [6.45, 7) is 0.162. The summed E-state index contributed by atoms with van der Waals surface area (Å²) < 4.78 is 29.2. The molecule has 1 aromatic heterocycles. The third kappa shape index (κ3) is 5.13. The van der Waals surface area contributed by atoms with E-state index in [2.05, 4.69) is 0 Å². The summed E-state index contributed by atoms with van der Waals surface area (Å²) in [6.07, 6.45) is 0.447. The van der Waals surface area contributed by atoms with Crippen LogP contribution < -0.4 is 4.74 Å². The maximum atomic E-state index is 12.8. The van der Waals surface area contributed by atoms with Gasteiger partial charge < -0.3 is 9.64 Å². The molecule has 1 atom stereocenters. The Kier molecular flexibility index (Phi) is 6.12. The Bertz CT molecular complexity index is 864. The van der Waals surface area contributed by atoms with Gasteiger partial charge in [0.15, 0.2) is 16.4 Å². The molecule has 1 aromatic carbocycles. The summed E-state index contributed by atoms with van der Waals surface area (Å²) in [5.41, 5.74) is 0. The van der Waals surface area contributed by atoms with Crippen LogP contribution >= 0.6 is 34.5 Å². The van der Waals surface area contributed by atoms with Crippen LogP contribution in [-0.4, -0.2) is 43.4 Å². The second-order valence-electron chi connectivity index (χ2n) is 6.05. The van der Waals surface area contributed by atoms with Gasteiger partial charge in [-0.05, 0) is 36.1 Å². The summed E-state index contributed by atoms with van der Waals surface area (Å²) in [5.74, 6) is 0.228. The highest BCUT2D eigenvalue weighted by Gasteiger charge is 2.35. The third-order valence-corrected chi connectivity index (χ3v) is 7.12. The minimum atomic E-state index is -3.10. The molecule has 0 N–H and O–H groups in total. The van der Waals surface area contributed by atoms with Crippen molar-refractivity contribution in [2.24, 2.45) is 0 Å². The molecule has 0 aliphatic carbocycles. The molecular formula is C17H17Cl2NO4S2. The highest BCUT2D eigenvalue weighted by Crippen LogP contribution is 2.25. The van der Waals surface area contributed by atoms with Crippen molar-refractivity contribution in [1.82, 2.24) is 4.90 Å². The number of nitrogens with zero attached hydrogens (tertiary/aromatic N) is 1. The zero-order valence-corrected chi connectivity index (χ0v) is 16.9. The van der Waals surface area contributed by atoms with Crippen LogP contribution in [0.4, 0.5) is 0 Å². The molecule has 1 aliphatic rings. The zero-order chi connectivity index (χ0) is 18.7. The van der Waals surface area contributed by atoms with Crippen LogP contribution in [0.5, 0.6) is 5.75 Å². The number of sulfone groups is 1. The van der Waals surface area contributed by atoms with Crippen molar-refractivity contribution in [2.75, 3.05) is 18.1 Å². The Hall–Kier alpha value is -1.28. The van der Waals surface area contributed by atoms with Crippen molar-refractivity contribution in [2.45, 2.75) is 19.0 Å². The molecule has 2 aromatic rings. The molecule has 1 aliphatic heterocycles. The molecule has 140 valence electrons. The number of hydrogen-bond donors (Lipinski definition) is 0. The predicted octanol–water partition coefficient (Wildman–Crippen LogP) is 3.65. The number of benzene rings is 1. The van der Waals surface area contributed by atoms with Crippen molar-refractivity contribution in [1.29, 1.82) is 0 Å². The van der Waals surface area contributed by atoms with E-state index < -0.39 is 9.84 Å². The maximum Gasteiger partial charge on any atom is 0.261 e. The Morgan fingerprint density at radius 1 is 1.27 bits per heavy atom. The fourth-order valence-electron chi connectivity index (χ4n) is 2.85. The quantitative estimate of drug-likeness (QED) is 0.697. The zero-order valence-electron chi connectivity index (χ0n) is 13.7. The summed E-state index contributed by atoms with van der Waals surface area (Å²) in [6, 6.07) is 8.21. The molecule has 5 nitrogen and oxygen atoms in total. The van der Waals surface area contributed by atoms with Crippen LogP contribution in [-0.2, 0) is 21.2 Å². The Morgan fingerprint density at radius 2 is 2.00 bits per heavy atom. The molecule has 1 amide bonds. The number of amides is 1. The van der Waals surface area contributed by atoms with E-state index in [1.54, 1.807) is 23.1 Å². The second kappa shape index (κ2) is 8.17. The Balaban J connectivity index is 1.71. The molecule has 3 rings (SSSR count). The monoisotopic (exact) mass is 433 g/mol. The number of ether oxygens (including phenoxy) is 1. The number of thiophene rings is 1. The summed E-state index contributed by atoms with van der Waals surface area (Å²) >= 11 is 13.4. The molecule has 9 heteroatoms. The molecule has 1 saturated heterocycles. The first-order valence-corrected chi connectivity index (χ1v) is 11.4. The van der Waals surface area contributed by atoms with Gasteiger partial charge in [0.1, 0.15) is 5.75 Å². The first-order valence-electron chi connectivity index (χ1n) is 7.93. The molecule has 0 saturated carbocycles. The van der Waals surface area contributed by atoms with E-state index in [1.807, 2.05) is 17.5 Å². The number of rotatable bonds is 6. The molecule has 1 unspecified atom stereocenters. The van der Waals surface area contributed by atoms with E-state index in [9.17, 15) is 13.2 Å². The number of halogens is 2. The second-order valence-corrected chi connectivity index (χ2v) is 10.2. The fourth-order valence-corrected chi connectivity index (χ4v) is 5.79. The lowest BCUT2D eigenvalue weighted by Crippen LogP contribution is -2.42. The lowest BCUT2D eigenvalue weighted by atomic mass is 10.2. The van der Waals surface area contributed by atoms with E-state index in [4.69, 9.17) is 27.9 Å². The first kappa shape index (κ1) is 19.5. The highest BCUT2D eigenvalue weighted by molar-refractivity contribution is 7.91. The molecule has 0 bridgehead atoms. The first-order chi connectivity index (χ1) is 12.3. The van der Waals surface area contributed by atoms with Crippen LogP contribution in [0.25, 0.3) is 0 Å². The van der Waals surface area contributed by atoms with Gasteiger partial charge in [-0.15, -0.1) is 11.3 Å². The summed E-state index contributed by atoms with van der Waals surface area (Å²) in [5, 5.41) is 2.75. The van der Waals surface area contributed by atoms with Gasteiger partial charge in [-0.25, -0.2) is 8.42 Å².